The molecule has 3 N–H and O–H groups in total. The molecule has 1 aliphatic carbocycles. The summed E-state index contributed by atoms with van der Waals surface area (Å²) in [4.78, 5) is 15.5. The number of fused-ring (bicyclic) bond motifs is 1. The van der Waals surface area contributed by atoms with Crippen molar-refractivity contribution in [3.8, 4) is 0 Å². The minimum absolute atomic E-state index is 0.0168. The molecule has 1 saturated carbocycles. The van der Waals surface area contributed by atoms with E-state index in [9.17, 15) is 4.79 Å². The molecule has 1 heterocycles. The summed E-state index contributed by atoms with van der Waals surface area (Å²) in [5, 5.41) is 13.2. The van der Waals surface area contributed by atoms with Crippen LogP contribution in [0.2, 0.25) is 0 Å². The Hall–Kier alpha value is -1.81. The number of carbonyl (C=O) groups is 1. The average Bonchev–Trinajstić information content (AvgIpc) is 2.94. The standard InChI is InChI=1S/C17H22N2O2/c20-10-9-12-5-7-14(8-6-12)18-17(21)16-11-13-3-1-2-4-15(13)19-16/h1-4,11-12,14,19-20H,5-10H2,(H,18,21). The highest BCUT2D eigenvalue weighted by Gasteiger charge is 2.22. The number of carbonyl (C=O) groups excluding carboxylic acids is 1. The van der Waals surface area contributed by atoms with Gasteiger partial charge in [-0.2, -0.15) is 0 Å². The van der Waals surface area contributed by atoms with Crippen molar-refractivity contribution in [1.29, 1.82) is 0 Å². The maximum atomic E-state index is 12.3. The highest BCUT2D eigenvalue weighted by atomic mass is 16.3. The third-order valence-electron chi connectivity index (χ3n) is 4.49. The van der Waals surface area contributed by atoms with Crippen molar-refractivity contribution in [2.45, 2.75) is 38.1 Å². The molecule has 1 aromatic heterocycles. The lowest BCUT2D eigenvalue weighted by Crippen LogP contribution is -2.37. The third kappa shape index (κ3) is 3.27. The first kappa shape index (κ1) is 14.1. The molecule has 0 aliphatic heterocycles. The van der Waals surface area contributed by atoms with Crippen molar-refractivity contribution in [3.05, 3.63) is 36.0 Å². The second-order valence-electron chi connectivity index (χ2n) is 5.97. The Labute approximate surface area is 124 Å². The van der Waals surface area contributed by atoms with E-state index in [1.807, 2.05) is 30.3 Å². The highest BCUT2D eigenvalue weighted by molar-refractivity contribution is 5.98. The van der Waals surface area contributed by atoms with Crippen LogP contribution in [0.5, 0.6) is 0 Å². The molecule has 112 valence electrons. The Kier molecular flexibility index (Phi) is 4.25. The number of benzene rings is 1. The smallest absolute Gasteiger partial charge is 0.267 e. The van der Waals surface area contributed by atoms with Gasteiger partial charge in [-0.15, -0.1) is 0 Å². The van der Waals surface area contributed by atoms with E-state index in [1.54, 1.807) is 0 Å². The van der Waals surface area contributed by atoms with Gasteiger partial charge in [0.2, 0.25) is 0 Å². The maximum Gasteiger partial charge on any atom is 0.267 e. The number of aliphatic hydroxyl groups is 1. The fraction of sp³-hybridized carbons (Fsp3) is 0.471. The number of para-hydroxylation sites is 1. The van der Waals surface area contributed by atoms with E-state index in [2.05, 4.69) is 10.3 Å². The van der Waals surface area contributed by atoms with Crippen LogP contribution >= 0.6 is 0 Å². The summed E-state index contributed by atoms with van der Waals surface area (Å²) in [6.45, 7) is 0.275. The van der Waals surface area contributed by atoms with Crippen molar-refractivity contribution in [3.63, 3.8) is 0 Å². The van der Waals surface area contributed by atoms with E-state index in [0.29, 0.717) is 11.6 Å². The van der Waals surface area contributed by atoms with E-state index in [4.69, 9.17) is 5.11 Å². The summed E-state index contributed by atoms with van der Waals surface area (Å²) in [6, 6.07) is 10.1. The molecule has 1 aromatic carbocycles. The molecule has 0 unspecified atom stereocenters. The first-order valence-electron chi connectivity index (χ1n) is 7.75. The van der Waals surface area contributed by atoms with Crippen molar-refractivity contribution < 1.29 is 9.90 Å². The Morgan fingerprint density at radius 1 is 1.24 bits per heavy atom. The molecule has 1 amide bonds. The maximum absolute atomic E-state index is 12.3. The zero-order valence-corrected chi connectivity index (χ0v) is 12.1. The van der Waals surface area contributed by atoms with Gasteiger partial charge in [0.15, 0.2) is 0 Å². The molecule has 2 aromatic rings. The molecule has 3 rings (SSSR count). The van der Waals surface area contributed by atoms with Crippen LogP contribution in [0.3, 0.4) is 0 Å². The Morgan fingerprint density at radius 2 is 2.00 bits per heavy atom. The summed E-state index contributed by atoms with van der Waals surface area (Å²) >= 11 is 0. The SMILES string of the molecule is O=C(NC1CCC(CCO)CC1)c1cc2ccccc2[nH]1. The molecule has 1 aliphatic rings. The van der Waals surface area contributed by atoms with Crippen molar-refractivity contribution in [2.75, 3.05) is 6.61 Å². The predicted molar refractivity (Wildman–Crippen MR) is 83.2 cm³/mol. The molecular formula is C17H22N2O2. The molecule has 0 radical (unpaired) electrons. The van der Waals surface area contributed by atoms with Crippen molar-refractivity contribution in [1.82, 2.24) is 10.3 Å². The minimum Gasteiger partial charge on any atom is -0.396 e. The summed E-state index contributed by atoms with van der Waals surface area (Å²) < 4.78 is 0. The lowest BCUT2D eigenvalue weighted by Gasteiger charge is -2.28. The molecule has 0 spiro atoms. The Bertz CT molecular complexity index is 579. The zero-order chi connectivity index (χ0) is 14.7. The van der Waals surface area contributed by atoms with E-state index in [-0.39, 0.29) is 18.6 Å². The van der Waals surface area contributed by atoms with Gasteiger partial charge in [-0.05, 0) is 50.2 Å². The van der Waals surface area contributed by atoms with E-state index < -0.39 is 0 Å². The topological polar surface area (TPSA) is 65.1 Å². The van der Waals surface area contributed by atoms with Crippen LogP contribution in [-0.4, -0.2) is 28.6 Å². The molecule has 1 fully saturated rings. The summed E-state index contributed by atoms with van der Waals surface area (Å²) in [6.07, 6.45) is 5.10. The van der Waals surface area contributed by atoms with E-state index in [1.165, 1.54) is 0 Å². The third-order valence-corrected chi connectivity index (χ3v) is 4.49. The van der Waals surface area contributed by atoms with Crippen molar-refractivity contribution in [2.24, 2.45) is 5.92 Å². The Morgan fingerprint density at radius 3 is 2.71 bits per heavy atom. The summed E-state index contributed by atoms with van der Waals surface area (Å²) in [5.41, 5.74) is 1.63. The molecule has 0 atom stereocenters. The quantitative estimate of drug-likeness (QED) is 0.809. The summed E-state index contributed by atoms with van der Waals surface area (Å²) in [7, 11) is 0. The second-order valence-corrected chi connectivity index (χ2v) is 5.97. The first-order valence-corrected chi connectivity index (χ1v) is 7.75. The lowest BCUT2D eigenvalue weighted by atomic mass is 9.84. The van der Waals surface area contributed by atoms with Gasteiger partial charge in [-0.1, -0.05) is 18.2 Å². The van der Waals surface area contributed by atoms with Crippen LogP contribution in [-0.2, 0) is 0 Å². The van der Waals surface area contributed by atoms with E-state index in [0.717, 1.165) is 43.0 Å². The van der Waals surface area contributed by atoms with Gasteiger partial charge in [0.05, 0.1) is 0 Å². The van der Waals surface area contributed by atoms with Gasteiger partial charge in [0.1, 0.15) is 5.69 Å². The number of aromatic amines is 1. The molecular weight excluding hydrogens is 264 g/mol. The molecule has 4 nitrogen and oxygen atoms in total. The molecule has 0 saturated heterocycles. The number of hydrogen-bond donors (Lipinski definition) is 3. The highest BCUT2D eigenvalue weighted by Crippen LogP contribution is 2.26. The second kappa shape index (κ2) is 6.31. The fourth-order valence-corrected chi connectivity index (χ4v) is 3.24. The first-order chi connectivity index (χ1) is 10.3. The van der Waals surface area contributed by atoms with Gasteiger partial charge in [0, 0.05) is 23.6 Å². The number of aromatic nitrogens is 1. The number of amides is 1. The monoisotopic (exact) mass is 286 g/mol. The largest absolute Gasteiger partial charge is 0.396 e. The molecule has 21 heavy (non-hydrogen) atoms. The van der Waals surface area contributed by atoms with Crippen LogP contribution in [0.1, 0.15) is 42.6 Å². The number of nitrogens with one attached hydrogen (secondary N) is 2. The van der Waals surface area contributed by atoms with Gasteiger partial charge in [-0.25, -0.2) is 0 Å². The fourth-order valence-electron chi connectivity index (χ4n) is 3.24. The molecule has 4 heteroatoms. The van der Waals surface area contributed by atoms with E-state index >= 15 is 0 Å². The number of rotatable bonds is 4. The van der Waals surface area contributed by atoms with Crippen molar-refractivity contribution >= 4 is 16.8 Å². The molecule has 0 bridgehead atoms. The number of H-pyrrole nitrogens is 1. The van der Waals surface area contributed by atoms with Crippen LogP contribution in [0, 0.1) is 5.92 Å². The normalized spacial score (nSPS) is 22.3. The zero-order valence-electron chi connectivity index (χ0n) is 12.1. The summed E-state index contributed by atoms with van der Waals surface area (Å²) in [5.74, 6) is 0.605. The van der Waals surface area contributed by atoms with Gasteiger partial charge < -0.3 is 15.4 Å². The average molecular weight is 286 g/mol. The lowest BCUT2D eigenvalue weighted by molar-refractivity contribution is 0.0914. The Balaban J connectivity index is 1.59. The van der Waals surface area contributed by atoms with Crippen LogP contribution in [0.25, 0.3) is 10.9 Å². The van der Waals surface area contributed by atoms with Crippen LogP contribution in [0.4, 0.5) is 0 Å². The van der Waals surface area contributed by atoms with Crippen LogP contribution < -0.4 is 5.32 Å². The van der Waals surface area contributed by atoms with Gasteiger partial charge in [-0.3, -0.25) is 4.79 Å². The number of aliphatic hydroxyl groups excluding tert-OH is 1. The minimum atomic E-state index is -0.0168. The predicted octanol–water partition coefficient (Wildman–Crippen LogP) is 2.84. The van der Waals surface area contributed by atoms with Gasteiger partial charge >= 0.3 is 0 Å². The van der Waals surface area contributed by atoms with Gasteiger partial charge in [0.25, 0.3) is 5.91 Å². The number of hydrogen-bond acceptors (Lipinski definition) is 2. The van der Waals surface area contributed by atoms with Crippen LogP contribution in [0.15, 0.2) is 30.3 Å².